The molecule has 3 aromatic rings. The number of nitro groups is 1. The summed E-state index contributed by atoms with van der Waals surface area (Å²) in [6.07, 6.45) is 3.34. The van der Waals surface area contributed by atoms with Crippen LogP contribution in [-0.4, -0.2) is 31.9 Å². The molecule has 0 unspecified atom stereocenters. The number of carbonyl (C=O) groups is 1. The van der Waals surface area contributed by atoms with Gasteiger partial charge in [0, 0.05) is 34.8 Å². The largest absolute Gasteiger partial charge is 0.508 e. The van der Waals surface area contributed by atoms with Crippen LogP contribution in [0.25, 0.3) is 0 Å². The van der Waals surface area contributed by atoms with Crippen LogP contribution < -0.4 is 0 Å². The lowest BCUT2D eigenvalue weighted by molar-refractivity contribution is -0.537. The van der Waals surface area contributed by atoms with E-state index in [4.69, 9.17) is 0 Å². The summed E-state index contributed by atoms with van der Waals surface area (Å²) >= 11 is 3.43. The van der Waals surface area contributed by atoms with Gasteiger partial charge in [-0.25, -0.2) is 0 Å². The highest BCUT2D eigenvalue weighted by atomic mass is 79.9. The summed E-state index contributed by atoms with van der Waals surface area (Å²) in [5, 5.41) is 22.1. The van der Waals surface area contributed by atoms with Gasteiger partial charge in [-0.2, -0.15) is 0 Å². The zero-order chi connectivity index (χ0) is 22.0. The van der Waals surface area contributed by atoms with Gasteiger partial charge in [-0.1, -0.05) is 46.3 Å². The molecule has 4 rings (SSSR count). The summed E-state index contributed by atoms with van der Waals surface area (Å²) in [6.45, 7) is 0.216. The topological polar surface area (TPSA) is 96.6 Å². The fourth-order valence-corrected chi connectivity index (χ4v) is 4.64. The lowest BCUT2D eigenvalue weighted by Crippen LogP contribution is -2.51. The zero-order valence-electron chi connectivity index (χ0n) is 16.5. The summed E-state index contributed by atoms with van der Waals surface area (Å²) in [5.74, 6) is -0.681. The number of pyridine rings is 1. The van der Waals surface area contributed by atoms with Crippen LogP contribution in [0.15, 0.2) is 77.5 Å². The van der Waals surface area contributed by atoms with E-state index >= 15 is 0 Å². The Morgan fingerprint density at radius 2 is 1.90 bits per heavy atom. The molecule has 0 bridgehead atoms. The van der Waals surface area contributed by atoms with Gasteiger partial charge in [0.05, 0.1) is 5.92 Å². The average molecular weight is 482 g/mol. The second-order valence-electron chi connectivity index (χ2n) is 7.56. The first-order valence-corrected chi connectivity index (χ1v) is 10.6. The number of rotatable bonds is 5. The van der Waals surface area contributed by atoms with Gasteiger partial charge in [-0.05, 0) is 47.0 Å². The molecule has 1 N–H and O–H groups in total. The second-order valence-corrected chi connectivity index (χ2v) is 8.48. The number of phenols is 1. The van der Waals surface area contributed by atoms with E-state index in [0.717, 1.165) is 15.6 Å². The van der Waals surface area contributed by atoms with Gasteiger partial charge in [-0.15, -0.1) is 0 Å². The Morgan fingerprint density at radius 3 is 2.55 bits per heavy atom. The van der Waals surface area contributed by atoms with E-state index in [1.807, 2.05) is 30.3 Å². The molecule has 8 heteroatoms. The molecule has 0 saturated carbocycles. The first-order valence-electron chi connectivity index (χ1n) is 9.80. The molecule has 158 valence electrons. The fourth-order valence-electron chi connectivity index (χ4n) is 4.22. The molecule has 7 nitrogen and oxygen atoms in total. The molecule has 1 aromatic heterocycles. The summed E-state index contributed by atoms with van der Waals surface area (Å²) in [4.78, 5) is 31.1. The third kappa shape index (κ3) is 4.44. The van der Waals surface area contributed by atoms with Crippen molar-refractivity contribution in [3.05, 3.63) is 104 Å². The lowest BCUT2D eigenvalue weighted by atomic mass is 9.78. The van der Waals surface area contributed by atoms with E-state index in [1.165, 1.54) is 12.1 Å². The first-order chi connectivity index (χ1) is 14.9. The number of benzene rings is 2. The number of hydrogen-bond donors (Lipinski definition) is 1. The summed E-state index contributed by atoms with van der Waals surface area (Å²) < 4.78 is 0.804. The standard InChI is InChI=1S/C23H20BrN3O4/c24-18-5-1-4-17(11-18)20-12-21(29)26(14-15-3-2-10-25-13-15)22(23(20)27(30)31)16-6-8-19(28)9-7-16/h1-11,13,20,22-23,28H,12,14H2/t20-,22+,23-/m0/s1. The Kier molecular flexibility index (Phi) is 5.99. The van der Waals surface area contributed by atoms with Crippen molar-refractivity contribution in [3.8, 4) is 5.75 Å². The number of halogens is 1. The predicted molar refractivity (Wildman–Crippen MR) is 118 cm³/mol. The van der Waals surface area contributed by atoms with E-state index in [0.29, 0.717) is 5.56 Å². The van der Waals surface area contributed by atoms with Crippen LogP contribution in [0.2, 0.25) is 0 Å². The van der Waals surface area contributed by atoms with Crippen LogP contribution in [0, 0.1) is 10.1 Å². The van der Waals surface area contributed by atoms with Crippen LogP contribution in [0.3, 0.4) is 0 Å². The minimum absolute atomic E-state index is 0.0386. The first kappa shape index (κ1) is 21.0. The van der Waals surface area contributed by atoms with Crippen molar-refractivity contribution >= 4 is 21.8 Å². The Hall–Kier alpha value is -3.26. The highest BCUT2D eigenvalue weighted by Gasteiger charge is 2.50. The van der Waals surface area contributed by atoms with E-state index in [-0.39, 0.29) is 29.5 Å². The molecule has 1 saturated heterocycles. The number of aromatic hydroxyl groups is 1. The van der Waals surface area contributed by atoms with Crippen LogP contribution in [0.1, 0.15) is 35.1 Å². The van der Waals surface area contributed by atoms with E-state index in [9.17, 15) is 20.0 Å². The van der Waals surface area contributed by atoms with Crippen molar-refractivity contribution < 1.29 is 14.8 Å². The maximum absolute atomic E-state index is 13.3. The molecule has 1 amide bonds. The summed E-state index contributed by atoms with van der Waals surface area (Å²) in [6, 6.07) is 15.4. The Morgan fingerprint density at radius 1 is 1.13 bits per heavy atom. The highest BCUT2D eigenvalue weighted by Crippen LogP contribution is 2.43. The van der Waals surface area contributed by atoms with Crippen molar-refractivity contribution in [1.82, 2.24) is 9.88 Å². The third-order valence-corrected chi connectivity index (χ3v) is 6.11. The van der Waals surface area contributed by atoms with E-state index < -0.39 is 18.0 Å². The van der Waals surface area contributed by atoms with Crippen molar-refractivity contribution in [2.24, 2.45) is 0 Å². The molecular weight excluding hydrogens is 462 g/mol. The lowest BCUT2D eigenvalue weighted by Gasteiger charge is -2.41. The van der Waals surface area contributed by atoms with Gasteiger partial charge in [-0.3, -0.25) is 19.9 Å². The fraction of sp³-hybridized carbons (Fsp3) is 0.217. The van der Waals surface area contributed by atoms with Crippen molar-refractivity contribution in [2.75, 3.05) is 0 Å². The van der Waals surface area contributed by atoms with E-state index in [1.54, 1.807) is 35.5 Å². The van der Waals surface area contributed by atoms with Crippen LogP contribution >= 0.6 is 15.9 Å². The molecule has 0 radical (unpaired) electrons. The molecule has 0 spiro atoms. The van der Waals surface area contributed by atoms with Gasteiger partial charge in [0.25, 0.3) is 0 Å². The third-order valence-electron chi connectivity index (χ3n) is 5.62. The van der Waals surface area contributed by atoms with Gasteiger partial charge in [0.2, 0.25) is 11.9 Å². The molecule has 3 atom stereocenters. The van der Waals surface area contributed by atoms with Crippen LogP contribution in [0.5, 0.6) is 5.75 Å². The molecule has 1 fully saturated rings. The van der Waals surface area contributed by atoms with E-state index in [2.05, 4.69) is 20.9 Å². The molecule has 0 aliphatic carbocycles. The minimum atomic E-state index is -1.05. The minimum Gasteiger partial charge on any atom is -0.508 e. The quantitative estimate of drug-likeness (QED) is 0.428. The van der Waals surface area contributed by atoms with Gasteiger partial charge in [0.1, 0.15) is 11.8 Å². The molecule has 2 aromatic carbocycles. The smallest absolute Gasteiger partial charge is 0.244 e. The van der Waals surface area contributed by atoms with Crippen molar-refractivity contribution in [2.45, 2.75) is 31.0 Å². The van der Waals surface area contributed by atoms with Crippen molar-refractivity contribution in [1.29, 1.82) is 0 Å². The maximum Gasteiger partial charge on any atom is 0.244 e. The molecule has 1 aliphatic rings. The monoisotopic (exact) mass is 481 g/mol. The highest BCUT2D eigenvalue weighted by molar-refractivity contribution is 9.10. The number of phenolic OH excluding ortho intramolecular Hbond substituents is 1. The second kappa shape index (κ2) is 8.85. The molecule has 31 heavy (non-hydrogen) atoms. The number of nitrogens with zero attached hydrogens (tertiary/aromatic N) is 3. The molecule has 2 heterocycles. The van der Waals surface area contributed by atoms with Crippen molar-refractivity contribution in [3.63, 3.8) is 0 Å². The summed E-state index contributed by atoms with van der Waals surface area (Å²) in [5.41, 5.74) is 2.15. The Labute approximate surface area is 187 Å². The number of aromatic nitrogens is 1. The normalized spacial score (nSPS) is 21.1. The average Bonchev–Trinajstić information content (AvgIpc) is 2.76. The maximum atomic E-state index is 13.3. The molecule has 1 aliphatic heterocycles. The molecular formula is C23H20BrN3O4. The van der Waals surface area contributed by atoms with Gasteiger partial charge >= 0.3 is 0 Å². The number of carbonyl (C=O) groups excluding carboxylic acids is 1. The predicted octanol–water partition coefficient (Wildman–Crippen LogP) is 4.45. The zero-order valence-corrected chi connectivity index (χ0v) is 18.1. The van der Waals surface area contributed by atoms with Gasteiger partial charge < -0.3 is 10.0 Å². The Bertz CT molecular complexity index is 1090. The number of hydrogen-bond acceptors (Lipinski definition) is 5. The number of piperidine rings is 1. The van der Waals surface area contributed by atoms with Crippen LogP contribution in [0.4, 0.5) is 0 Å². The van der Waals surface area contributed by atoms with Gasteiger partial charge in [0.15, 0.2) is 0 Å². The SMILES string of the molecule is O=C1C[C@@H](c2cccc(Br)c2)[C@H]([N+](=O)[O-])[C@@H](c2ccc(O)cc2)N1Cc1cccnc1. The number of amides is 1. The number of likely N-dealkylation sites (tertiary alicyclic amines) is 1. The van der Waals surface area contributed by atoms with Crippen LogP contribution in [-0.2, 0) is 11.3 Å². The summed E-state index contributed by atoms with van der Waals surface area (Å²) in [7, 11) is 0. The Balaban J connectivity index is 1.82.